The van der Waals surface area contributed by atoms with Crippen molar-refractivity contribution < 1.29 is 14.2 Å². The Balaban J connectivity index is 2.23. The zero-order valence-electron chi connectivity index (χ0n) is 17.3. The Morgan fingerprint density at radius 3 is 2.63 bits per heavy atom. The van der Waals surface area contributed by atoms with Gasteiger partial charge in [-0.25, -0.2) is 0 Å². The predicted octanol–water partition coefficient (Wildman–Crippen LogP) is 1.99. The summed E-state index contributed by atoms with van der Waals surface area (Å²) in [5.41, 5.74) is 0. The summed E-state index contributed by atoms with van der Waals surface area (Å²) in [5.74, 6) is 2.47. The number of guanidine groups is 1. The van der Waals surface area contributed by atoms with Gasteiger partial charge in [-0.2, -0.15) is 0 Å². The van der Waals surface area contributed by atoms with Gasteiger partial charge in [0.1, 0.15) is 11.5 Å². The van der Waals surface area contributed by atoms with Gasteiger partial charge in [0, 0.05) is 58.9 Å². The van der Waals surface area contributed by atoms with E-state index in [0.29, 0.717) is 13.2 Å². The van der Waals surface area contributed by atoms with Crippen molar-refractivity contribution in [2.24, 2.45) is 4.99 Å². The molecule has 0 heterocycles. The minimum atomic E-state index is 0.623. The fraction of sp³-hybridized carbons (Fsp3) is 0.650. The molecule has 0 atom stereocenters. The van der Waals surface area contributed by atoms with Crippen LogP contribution in [0, 0.1) is 0 Å². The Bertz CT molecular complexity index is 526. The van der Waals surface area contributed by atoms with Gasteiger partial charge in [0.2, 0.25) is 0 Å². The van der Waals surface area contributed by atoms with Crippen LogP contribution in [0.15, 0.2) is 29.3 Å². The van der Waals surface area contributed by atoms with Crippen LogP contribution in [-0.2, 0) is 4.74 Å². The number of likely N-dealkylation sites (N-methyl/N-ethyl adjacent to an activating group) is 1. The molecule has 1 aromatic carbocycles. The fourth-order valence-corrected chi connectivity index (χ4v) is 2.43. The lowest BCUT2D eigenvalue weighted by atomic mass is 10.3. The molecule has 1 rings (SSSR count). The standard InChI is InChI=1S/C20H36N4O3/c1-5-21-20(23-12-14-24(2)13-8-15-25-3)22-11-7-16-27-19-10-6-9-18(17-19)26-4/h6,9-10,17H,5,7-8,11-16H2,1-4H3,(H2,21,22,23). The van der Waals surface area contributed by atoms with Gasteiger partial charge in [-0.1, -0.05) is 6.07 Å². The second-order valence-corrected chi connectivity index (χ2v) is 6.22. The monoisotopic (exact) mass is 380 g/mol. The summed E-state index contributed by atoms with van der Waals surface area (Å²) in [6.07, 6.45) is 1.90. The summed E-state index contributed by atoms with van der Waals surface area (Å²) in [7, 11) is 5.51. The van der Waals surface area contributed by atoms with Gasteiger partial charge in [-0.15, -0.1) is 0 Å². The number of benzene rings is 1. The van der Waals surface area contributed by atoms with Gasteiger partial charge in [-0.3, -0.25) is 4.99 Å². The fourth-order valence-electron chi connectivity index (χ4n) is 2.43. The van der Waals surface area contributed by atoms with Crippen molar-refractivity contribution in [3.63, 3.8) is 0 Å². The summed E-state index contributed by atoms with van der Waals surface area (Å²) in [4.78, 5) is 6.89. The molecule has 0 unspecified atom stereocenters. The lowest BCUT2D eigenvalue weighted by Crippen LogP contribution is -2.41. The molecular formula is C20H36N4O3. The molecule has 0 aromatic heterocycles. The number of rotatable bonds is 14. The Labute approximate surface area is 164 Å². The van der Waals surface area contributed by atoms with E-state index >= 15 is 0 Å². The number of nitrogens with one attached hydrogen (secondary N) is 2. The van der Waals surface area contributed by atoms with Gasteiger partial charge in [0.05, 0.1) is 13.7 Å². The number of hydrogen-bond acceptors (Lipinski definition) is 5. The van der Waals surface area contributed by atoms with Crippen LogP contribution < -0.4 is 20.1 Å². The molecule has 7 heteroatoms. The normalized spacial score (nSPS) is 11.5. The van der Waals surface area contributed by atoms with E-state index in [9.17, 15) is 0 Å². The van der Waals surface area contributed by atoms with E-state index in [0.717, 1.165) is 63.1 Å². The van der Waals surface area contributed by atoms with Gasteiger partial charge in [0.15, 0.2) is 5.96 Å². The van der Waals surface area contributed by atoms with Crippen molar-refractivity contribution >= 4 is 5.96 Å². The van der Waals surface area contributed by atoms with Gasteiger partial charge in [0.25, 0.3) is 0 Å². The molecule has 154 valence electrons. The third-order valence-corrected chi connectivity index (χ3v) is 3.90. The smallest absolute Gasteiger partial charge is 0.191 e. The van der Waals surface area contributed by atoms with Crippen molar-refractivity contribution in [2.45, 2.75) is 19.8 Å². The molecule has 0 aliphatic heterocycles. The number of hydrogen-bond donors (Lipinski definition) is 2. The highest BCUT2D eigenvalue weighted by molar-refractivity contribution is 5.79. The quantitative estimate of drug-likeness (QED) is 0.292. The Morgan fingerprint density at radius 2 is 1.89 bits per heavy atom. The van der Waals surface area contributed by atoms with Crippen LogP contribution in [0.4, 0.5) is 0 Å². The van der Waals surface area contributed by atoms with Crippen molar-refractivity contribution in [1.29, 1.82) is 0 Å². The molecule has 0 bridgehead atoms. The average molecular weight is 381 g/mol. The summed E-state index contributed by atoms with van der Waals surface area (Å²) < 4.78 is 16.0. The molecule has 0 fully saturated rings. The van der Waals surface area contributed by atoms with Crippen LogP contribution in [0.2, 0.25) is 0 Å². The zero-order valence-corrected chi connectivity index (χ0v) is 17.3. The van der Waals surface area contributed by atoms with Crippen LogP contribution in [0.1, 0.15) is 19.8 Å². The molecule has 27 heavy (non-hydrogen) atoms. The molecule has 0 aliphatic rings. The number of aliphatic imine (C=N–C) groups is 1. The van der Waals surface area contributed by atoms with Crippen LogP contribution in [-0.4, -0.2) is 78.1 Å². The van der Waals surface area contributed by atoms with E-state index < -0.39 is 0 Å². The molecule has 1 aromatic rings. The highest BCUT2D eigenvalue weighted by atomic mass is 16.5. The van der Waals surface area contributed by atoms with Gasteiger partial charge >= 0.3 is 0 Å². The van der Waals surface area contributed by atoms with E-state index in [4.69, 9.17) is 14.2 Å². The molecule has 0 aliphatic carbocycles. The minimum absolute atomic E-state index is 0.623. The average Bonchev–Trinajstić information content (AvgIpc) is 2.68. The zero-order chi connectivity index (χ0) is 19.7. The highest BCUT2D eigenvalue weighted by Gasteiger charge is 2.01. The third kappa shape index (κ3) is 11.4. The molecule has 0 saturated carbocycles. The topological polar surface area (TPSA) is 67.4 Å². The number of ether oxygens (including phenoxy) is 3. The molecule has 0 spiro atoms. The highest BCUT2D eigenvalue weighted by Crippen LogP contribution is 2.18. The third-order valence-electron chi connectivity index (χ3n) is 3.90. The second kappa shape index (κ2) is 15.1. The Hall–Kier alpha value is -1.99. The predicted molar refractivity (Wildman–Crippen MR) is 111 cm³/mol. The maximum Gasteiger partial charge on any atom is 0.191 e. The lowest BCUT2D eigenvalue weighted by Gasteiger charge is -2.18. The molecule has 0 radical (unpaired) electrons. The summed E-state index contributed by atoms with van der Waals surface area (Å²) in [5, 5.41) is 6.65. The van der Waals surface area contributed by atoms with Crippen molar-refractivity contribution in [3.05, 3.63) is 24.3 Å². The largest absolute Gasteiger partial charge is 0.497 e. The van der Waals surface area contributed by atoms with E-state index in [-0.39, 0.29) is 0 Å². The maximum absolute atomic E-state index is 5.74. The Morgan fingerprint density at radius 1 is 1.07 bits per heavy atom. The summed E-state index contributed by atoms with van der Waals surface area (Å²) in [6.45, 7) is 7.91. The van der Waals surface area contributed by atoms with Crippen LogP contribution in [0.5, 0.6) is 11.5 Å². The Kier molecular flexibility index (Phi) is 12.9. The van der Waals surface area contributed by atoms with Gasteiger partial charge in [-0.05, 0) is 32.5 Å². The molecule has 0 amide bonds. The number of nitrogens with zero attached hydrogens (tertiary/aromatic N) is 2. The maximum atomic E-state index is 5.74. The van der Waals surface area contributed by atoms with Crippen LogP contribution in [0.3, 0.4) is 0 Å². The first-order chi connectivity index (χ1) is 13.2. The molecule has 0 saturated heterocycles. The van der Waals surface area contributed by atoms with Crippen molar-refractivity contribution in [1.82, 2.24) is 15.5 Å². The first-order valence-corrected chi connectivity index (χ1v) is 9.66. The molecular weight excluding hydrogens is 344 g/mol. The van der Waals surface area contributed by atoms with E-state index in [1.54, 1.807) is 14.2 Å². The molecule has 7 nitrogen and oxygen atoms in total. The van der Waals surface area contributed by atoms with E-state index in [1.807, 2.05) is 24.3 Å². The van der Waals surface area contributed by atoms with E-state index in [1.165, 1.54) is 0 Å². The van der Waals surface area contributed by atoms with Crippen LogP contribution in [0.25, 0.3) is 0 Å². The lowest BCUT2D eigenvalue weighted by molar-refractivity contribution is 0.180. The van der Waals surface area contributed by atoms with Crippen molar-refractivity contribution in [3.8, 4) is 11.5 Å². The van der Waals surface area contributed by atoms with Gasteiger partial charge < -0.3 is 29.7 Å². The molecule has 2 N–H and O–H groups in total. The number of methoxy groups -OCH3 is 2. The first kappa shape index (κ1) is 23.0. The summed E-state index contributed by atoms with van der Waals surface area (Å²) >= 11 is 0. The first-order valence-electron chi connectivity index (χ1n) is 9.66. The summed E-state index contributed by atoms with van der Waals surface area (Å²) in [6, 6.07) is 7.64. The van der Waals surface area contributed by atoms with Crippen LogP contribution >= 0.6 is 0 Å². The van der Waals surface area contributed by atoms with E-state index in [2.05, 4.69) is 34.5 Å². The minimum Gasteiger partial charge on any atom is -0.497 e. The van der Waals surface area contributed by atoms with Crippen molar-refractivity contribution in [2.75, 3.05) is 67.2 Å². The second-order valence-electron chi connectivity index (χ2n) is 6.22. The SMILES string of the molecule is CCNC(=NCCCOc1cccc(OC)c1)NCCN(C)CCCOC.